The van der Waals surface area contributed by atoms with Crippen LogP contribution in [0.1, 0.15) is 62.4 Å². The van der Waals surface area contributed by atoms with Crippen LogP contribution in [-0.4, -0.2) is 41.6 Å². The summed E-state index contributed by atoms with van der Waals surface area (Å²) in [6.45, 7) is 6.53. The minimum absolute atomic E-state index is 0.0447. The van der Waals surface area contributed by atoms with E-state index in [-0.39, 0.29) is 24.0 Å². The van der Waals surface area contributed by atoms with E-state index in [1.54, 1.807) is 0 Å². The fourth-order valence-electron chi connectivity index (χ4n) is 4.17. The first-order valence-electron chi connectivity index (χ1n) is 10.5. The van der Waals surface area contributed by atoms with Crippen LogP contribution >= 0.6 is 0 Å². The highest BCUT2D eigenvalue weighted by Gasteiger charge is 2.53. The Morgan fingerprint density at radius 3 is 2.53 bits per heavy atom. The third-order valence-electron chi connectivity index (χ3n) is 5.96. The first kappa shape index (κ1) is 22.6. The number of rotatable bonds is 4. The number of nitrogens with zero attached hydrogens (tertiary/aromatic N) is 1. The molecule has 1 aliphatic carbocycles. The zero-order chi connectivity index (χ0) is 22.1. The number of benzene rings is 1. The maximum atomic E-state index is 13.4. The van der Waals surface area contributed by atoms with E-state index in [0.717, 1.165) is 25.0 Å². The Labute approximate surface area is 175 Å². The SMILES string of the molecule is CC(C)CNC(=O)C1COC2(CCC(C)CC2)N1C(=O)c1cccc(C(F)(F)F)c1. The second-order valence-electron chi connectivity index (χ2n) is 8.85. The highest BCUT2D eigenvalue weighted by Crippen LogP contribution is 2.43. The van der Waals surface area contributed by atoms with Gasteiger partial charge in [0.25, 0.3) is 5.91 Å². The summed E-state index contributed by atoms with van der Waals surface area (Å²) in [4.78, 5) is 27.7. The quantitative estimate of drug-likeness (QED) is 0.784. The predicted octanol–water partition coefficient (Wildman–Crippen LogP) is 4.23. The molecule has 1 aromatic rings. The van der Waals surface area contributed by atoms with Crippen molar-refractivity contribution < 1.29 is 27.5 Å². The highest BCUT2D eigenvalue weighted by molar-refractivity contribution is 5.98. The van der Waals surface area contributed by atoms with E-state index >= 15 is 0 Å². The van der Waals surface area contributed by atoms with Gasteiger partial charge in [-0.3, -0.25) is 14.5 Å². The van der Waals surface area contributed by atoms with Gasteiger partial charge in [-0.2, -0.15) is 13.2 Å². The highest BCUT2D eigenvalue weighted by atomic mass is 19.4. The van der Waals surface area contributed by atoms with Gasteiger partial charge in [0, 0.05) is 12.1 Å². The van der Waals surface area contributed by atoms with Gasteiger partial charge in [-0.25, -0.2) is 0 Å². The van der Waals surface area contributed by atoms with E-state index in [9.17, 15) is 22.8 Å². The van der Waals surface area contributed by atoms with Gasteiger partial charge in [0.05, 0.1) is 12.2 Å². The number of hydrogen-bond acceptors (Lipinski definition) is 3. The predicted molar refractivity (Wildman–Crippen MR) is 106 cm³/mol. The molecule has 1 spiro atoms. The molecule has 1 saturated carbocycles. The van der Waals surface area contributed by atoms with Crippen LogP contribution in [0.4, 0.5) is 13.2 Å². The molecule has 166 valence electrons. The van der Waals surface area contributed by atoms with E-state index in [1.165, 1.54) is 17.0 Å². The lowest BCUT2D eigenvalue weighted by atomic mass is 9.83. The second-order valence-corrected chi connectivity index (χ2v) is 8.85. The fourth-order valence-corrected chi connectivity index (χ4v) is 4.17. The van der Waals surface area contributed by atoms with Gasteiger partial charge in [-0.05, 0) is 55.7 Å². The summed E-state index contributed by atoms with van der Waals surface area (Å²) < 4.78 is 45.5. The van der Waals surface area contributed by atoms with Crippen LogP contribution in [0.25, 0.3) is 0 Å². The van der Waals surface area contributed by atoms with E-state index < -0.39 is 29.4 Å². The van der Waals surface area contributed by atoms with E-state index in [2.05, 4.69) is 12.2 Å². The number of amides is 2. The molecule has 1 heterocycles. The normalized spacial score (nSPS) is 27.0. The average molecular weight is 426 g/mol. The molecular weight excluding hydrogens is 397 g/mol. The van der Waals surface area contributed by atoms with Crippen LogP contribution in [0.2, 0.25) is 0 Å². The summed E-state index contributed by atoms with van der Waals surface area (Å²) in [5.74, 6) is -0.232. The molecule has 0 radical (unpaired) electrons. The van der Waals surface area contributed by atoms with Crippen molar-refractivity contribution >= 4 is 11.8 Å². The van der Waals surface area contributed by atoms with E-state index in [4.69, 9.17) is 4.74 Å². The molecule has 2 aliphatic rings. The van der Waals surface area contributed by atoms with Crippen molar-refractivity contribution in [3.8, 4) is 0 Å². The molecule has 2 amide bonds. The van der Waals surface area contributed by atoms with Crippen molar-refractivity contribution in [3.63, 3.8) is 0 Å². The molecule has 5 nitrogen and oxygen atoms in total. The molecule has 1 N–H and O–H groups in total. The molecule has 1 aromatic carbocycles. The minimum Gasteiger partial charge on any atom is -0.354 e. The van der Waals surface area contributed by atoms with Crippen LogP contribution < -0.4 is 5.32 Å². The lowest BCUT2D eigenvalue weighted by Gasteiger charge is -2.43. The molecule has 1 saturated heterocycles. The van der Waals surface area contributed by atoms with E-state index in [0.29, 0.717) is 25.3 Å². The molecule has 0 aromatic heterocycles. The van der Waals surface area contributed by atoms with Gasteiger partial charge in [0.1, 0.15) is 11.8 Å². The van der Waals surface area contributed by atoms with Crippen LogP contribution in [-0.2, 0) is 15.7 Å². The minimum atomic E-state index is -4.55. The molecule has 0 bridgehead atoms. The van der Waals surface area contributed by atoms with Crippen molar-refractivity contribution in [1.29, 1.82) is 0 Å². The first-order valence-corrected chi connectivity index (χ1v) is 10.5. The average Bonchev–Trinajstić information content (AvgIpc) is 3.06. The molecule has 30 heavy (non-hydrogen) atoms. The number of carbonyl (C=O) groups excluding carboxylic acids is 2. The summed E-state index contributed by atoms with van der Waals surface area (Å²) in [6.07, 6.45) is -1.77. The maximum Gasteiger partial charge on any atom is 0.416 e. The number of carbonyl (C=O) groups is 2. The first-order chi connectivity index (χ1) is 14.0. The fraction of sp³-hybridized carbons (Fsp3) is 0.636. The zero-order valence-corrected chi connectivity index (χ0v) is 17.6. The molecule has 1 aliphatic heterocycles. The van der Waals surface area contributed by atoms with Crippen molar-refractivity contribution in [2.75, 3.05) is 13.2 Å². The molecule has 3 rings (SSSR count). The number of nitrogens with one attached hydrogen (secondary N) is 1. The molecule has 1 unspecified atom stereocenters. The third-order valence-corrected chi connectivity index (χ3v) is 5.96. The van der Waals surface area contributed by atoms with Gasteiger partial charge in [0.15, 0.2) is 0 Å². The van der Waals surface area contributed by atoms with Gasteiger partial charge in [-0.1, -0.05) is 26.8 Å². The van der Waals surface area contributed by atoms with Crippen LogP contribution in [0.3, 0.4) is 0 Å². The van der Waals surface area contributed by atoms with E-state index in [1.807, 2.05) is 13.8 Å². The van der Waals surface area contributed by atoms with Gasteiger partial charge < -0.3 is 10.1 Å². The van der Waals surface area contributed by atoms with Crippen LogP contribution in [0, 0.1) is 11.8 Å². The summed E-state index contributed by atoms with van der Waals surface area (Å²) >= 11 is 0. The number of alkyl halides is 3. The standard InChI is InChI=1S/C22H29F3N2O3/c1-14(2)12-26-19(28)18-13-30-21(9-7-15(3)8-10-21)27(18)20(29)16-5-4-6-17(11-16)22(23,24)25/h4-6,11,14-15,18H,7-10,12-13H2,1-3H3,(H,26,28). The Kier molecular flexibility index (Phi) is 6.45. The molecule has 2 fully saturated rings. The third kappa shape index (κ3) is 4.63. The number of ether oxygens (including phenoxy) is 1. The summed E-state index contributed by atoms with van der Waals surface area (Å²) in [7, 11) is 0. The zero-order valence-electron chi connectivity index (χ0n) is 17.6. The largest absolute Gasteiger partial charge is 0.416 e. The van der Waals surface area contributed by atoms with Crippen molar-refractivity contribution in [1.82, 2.24) is 10.2 Å². The smallest absolute Gasteiger partial charge is 0.354 e. The Morgan fingerprint density at radius 1 is 1.27 bits per heavy atom. The summed E-state index contributed by atoms with van der Waals surface area (Å²) in [5.41, 5.74) is -1.92. The number of halogens is 3. The maximum absolute atomic E-state index is 13.4. The lowest BCUT2D eigenvalue weighted by molar-refractivity contribution is -0.137. The van der Waals surface area contributed by atoms with Gasteiger partial charge in [-0.15, -0.1) is 0 Å². The van der Waals surface area contributed by atoms with Crippen molar-refractivity contribution in [2.45, 2.75) is 64.4 Å². The topological polar surface area (TPSA) is 58.6 Å². The number of hydrogen-bond donors (Lipinski definition) is 1. The lowest BCUT2D eigenvalue weighted by Crippen LogP contribution is -2.57. The van der Waals surface area contributed by atoms with Crippen LogP contribution in [0.5, 0.6) is 0 Å². The molecule has 8 heteroatoms. The second kappa shape index (κ2) is 8.57. The van der Waals surface area contributed by atoms with Crippen molar-refractivity contribution in [2.24, 2.45) is 11.8 Å². The molecule has 1 atom stereocenters. The van der Waals surface area contributed by atoms with Gasteiger partial charge in [0.2, 0.25) is 5.91 Å². The summed E-state index contributed by atoms with van der Waals surface area (Å²) in [6, 6.07) is 3.50. The Morgan fingerprint density at radius 2 is 1.93 bits per heavy atom. The Hall–Kier alpha value is -2.09. The van der Waals surface area contributed by atoms with Gasteiger partial charge >= 0.3 is 6.18 Å². The van der Waals surface area contributed by atoms with Crippen molar-refractivity contribution in [3.05, 3.63) is 35.4 Å². The monoisotopic (exact) mass is 426 g/mol. The Balaban J connectivity index is 1.93. The molecular formula is C22H29F3N2O3. The Bertz CT molecular complexity index is 786. The summed E-state index contributed by atoms with van der Waals surface area (Å²) in [5, 5.41) is 2.83. The van der Waals surface area contributed by atoms with Crippen LogP contribution in [0.15, 0.2) is 24.3 Å².